The lowest BCUT2D eigenvalue weighted by atomic mass is 10.1. The zero-order valence-corrected chi connectivity index (χ0v) is 14.0. The monoisotopic (exact) mass is 319 g/mol. The number of rotatable bonds is 6. The van der Waals surface area contributed by atoms with Gasteiger partial charge in [-0.2, -0.15) is 0 Å². The average Bonchev–Trinajstić information content (AvgIpc) is 2.63. The Labute approximate surface area is 142 Å². The van der Waals surface area contributed by atoms with E-state index in [1.165, 1.54) is 11.1 Å². The van der Waals surface area contributed by atoms with Crippen molar-refractivity contribution < 1.29 is 0 Å². The maximum Gasteiger partial charge on any atom is 0.135 e. The summed E-state index contributed by atoms with van der Waals surface area (Å²) in [4.78, 5) is 12.9. The number of aromatic nitrogens is 3. The molecule has 0 aliphatic rings. The first-order chi connectivity index (χ1) is 11.8. The maximum absolute atomic E-state index is 4.33. The minimum Gasteiger partial charge on any atom is -0.364 e. The molecular formula is C19H21N5. The second-order valence-corrected chi connectivity index (χ2v) is 5.55. The highest BCUT2D eigenvalue weighted by molar-refractivity contribution is 5.66. The fourth-order valence-corrected chi connectivity index (χ4v) is 2.54. The van der Waals surface area contributed by atoms with E-state index in [4.69, 9.17) is 0 Å². The predicted octanol–water partition coefficient (Wildman–Crippen LogP) is 4.10. The van der Waals surface area contributed by atoms with Crippen molar-refractivity contribution in [3.63, 3.8) is 0 Å². The molecule has 0 radical (unpaired) electrons. The molecule has 3 rings (SSSR count). The van der Waals surface area contributed by atoms with Crippen LogP contribution in [0.2, 0.25) is 0 Å². The number of nitrogens with one attached hydrogen (secondary N) is 2. The molecule has 0 saturated carbocycles. The Bertz CT molecular complexity index is 802. The lowest BCUT2D eigenvalue weighted by molar-refractivity contribution is 1.02. The third-order valence-electron chi connectivity index (χ3n) is 3.84. The molecule has 0 aliphatic heterocycles. The van der Waals surface area contributed by atoms with Crippen molar-refractivity contribution in [2.24, 2.45) is 0 Å². The van der Waals surface area contributed by atoms with E-state index in [1.54, 1.807) is 12.5 Å². The molecule has 0 atom stereocenters. The Morgan fingerprint density at radius 3 is 2.62 bits per heavy atom. The molecule has 3 aromatic rings. The van der Waals surface area contributed by atoms with E-state index in [0.29, 0.717) is 6.54 Å². The number of anilines is 3. The minimum atomic E-state index is 0.627. The third-order valence-corrected chi connectivity index (χ3v) is 3.84. The van der Waals surface area contributed by atoms with Crippen LogP contribution in [0.25, 0.3) is 0 Å². The van der Waals surface area contributed by atoms with Crippen LogP contribution in [-0.2, 0) is 13.0 Å². The lowest BCUT2D eigenvalue weighted by Crippen LogP contribution is -2.05. The first kappa shape index (κ1) is 15.9. The first-order valence-corrected chi connectivity index (χ1v) is 8.07. The third kappa shape index (κ3) is 3.87. The van der Waals surface area contributed by atoms with E-state index in [0.717, 1.165) is 29.4 Å². The average molecular weight is 319 g/mol. The van der Waals surface area contributed by atoms with Gasteiger partial charge in [-0.3, -0.25) is 4.98 Å². The summed E-state index contributed by atoms with van der Waals surface area (Å²) in [5, 5.41) is 6.70. The SMILES string of the molecule is CCc1cccc(C)c1Nc1cc(NCc2ccccn2)ncn1. The number of benzene rings is 1. The summed E-state index contributed by atoms with van der Waals surface area (Å²) in [6.07, 6.45) is 4.32. The molecule has 0 aliphatic carbocycles. The van der Waals surface area contributed by atoms with Gasteiger partial charge in [0.15, 0.2) is 0 Å². The molecule has 5 heteroatoms. The molecule has 24 heavy (non-hydrogen) atoms. The summed E-state index contributed by atoms with van der Waals surface area (Å²) in [6.45, 7) is 4.88. The minimum absolute atomic E-state index is 0.627. The molecule has 2 aromatic heterocycles. The molecular weight excluding hydrogens is 298 g/mol. The topological polar surface area (TPSA) is 62.7 Å². The van der Waals surface area contributed by atoms with Crippen molar-refractivity contribution in [1.82, 2.24) is 15.0 Å². The van der Waals surface area contributed by atoms with Crippen molar-refractivity contribution in [2.45, 2.75) is 26.8 Å². The van der Waals surface area contributed by atoms with Gasteiger partial charge in [0.05, 0.1) is 12.2 Å². The summed E-state index contributed by atoms with van der Waals surface area (Å²) in [6, 6.07) is 14.1. The van der Waals surface area contributed by atoms with Crippen LogP contribution < -0.4 is 10.6 Å². The van der Waals surface area contributed by atoms with E-state index in [-0.39, 0.29) is 0 Å². The van der Waals surface area contributed by atoms with Gasteiger partial charge in [0.1, 0.15) is 18.0 Å². The highest BCUT2D eigenvalue weighted by Crippen LogP contribution is 2.25. The van der Waals surface area contributed by atoms with Crippen LogP contribution in [0.15, 0.2) is 55.0 Å². The standard InChI is InChI=1S/C19H21N5/c1-3-15-8-6-7-14(2)19(15)24-18-11-17(22-13-23-18)21-12-16-9-4-5-10-20-16/h4-11,13H,3,12H2,1-2H3,(H2,21,22,23,24). The van der Waals surface area contributed by atoms with Gasteiger partial charge in [-0.25, -0.2) is 9.97 Å². The van der Waals surface area contributed by atoms with Gasteiger partial charge in [-0.1, -0.05) is 31.2 Å². The van der Waals surface area contributed by atoms with Crippen LogP contribution in [0.3, 0.4) is 0 Å². The zero-order chi connectivity index (χ0) is 16.8. The van der Waals surface area contributed by atoms with Gasteiger partial charge < -0.3 is 10.6 Å². The summed E-state index contributed by atoms with van der Waals surface area (Å²) < 4.78 is 0. The van der Waals surface area contributed by atoms with Crippen LogP contribution in [0, 0.1) is 6.92 Å². The van der Waals surface area contributed by atoms with Crippen molar-refractivity contribution in [1.29, 1.82) is 0 Å². The van der Waals surface area contributed by atoms with Gasteiger partial charge in [-0.15, -0.1) is 0 Å². The fraction of sp³-hybridized carbons (Fsp3) is 0.211. The normalized spacial score (nSPS) is 10.4. The zero-order valence-electron chi connectivity index (χ0n) is 14.0. The number of pyridine rings is 1. The Morgan fingerprint density at radius 1 is 0.958 bits per heavy atom. The van der Waals surface area contributed by atoms with Crippen LogP contribution in [-0.4, -0.2) is 15.0 Å². The van der Waals surface area contributed by atoms with E-state index in [2.05, 4.69) is 57.6 Å². The molecule has 122 valence electrons. The van der Waals surface area contributed by atoms with Crippen LogP contribution in [0.4, 0.5) is 17.3 Å². The number of nitrogens with zero attached hydrogens (tertiary/aromatic N) is 3. The summed E-state index contributed by atoms with van der Waals surface area (Å²) in [7, 11) is 0. The number of para-hydroxylation sites is 1. The smallest absolute Gasteiger partial charge is 0.135 e. The Hall–Kier alpha value is -2.95. The Kier molecular flexibility index (Phi) is 5.01. The summed E-state index contributed by atoms with van der Waals surface area (Å²) in [5.41, 5.74) is 4.57. The van der Waals surface area contributed by atoms with E-state index >= 15 is 0 Å². The lowest BCUT2D eigenvalue weighted by Gasteiger charge is -2.14. The van der Waals surface area contributed by atoms with E-state index in [1.807, 2.05) is 24.3 Å². The van der Waals surface area contributed by atoms with Crippen LogP contribution in [0.1, 0.15) is 23.7 Å². The fourth-order valence-electron chi connectivity index (χ4n) is 2.54. The summed E-state index contributed by atoms with van der Waals surface area (Å²) >= 11 is 0. The summed E-state index contributed by atoms with van der Waals surface area (Å²) in [5.74, 6) is 1.54. The molecule has 0 fully saturated rings. The maximum atomic E-state index is 4.33. The van der Waals surface area contributed by atoms with Crippen molar-refractivity contribution in [2.75, 3.05) is 10.6 Å². The van der Waals surface area contributed by atoms with Crippen LogP contribution in [0.5, 0.6) is 0 Å². The highest BCUT2D eigenvalue weighted by Gasteiger charge is 2.06. The van der Waals surface area contributed by atoms with Crippen LogP contribution >= 0.6 is 0 Å². The van der Waals surface area contributed by atoms with Crippen molar-refractivity contribution >= 4 is 17.3 Å². The second kappa shape index (κ2) is 7.55. The van der Waals surface area contributed by atoms with E-state index in [9.17, 15) is 0 Å². The molecule has 1 aromatic carbocycles. The molecule has 0 bridgehead atoms. The molecule has 0 amide bonds. The Morgan fingerprint density at radius 2 is 1.83 bits per heavy atom. The molecule has 0 unspecified atom stereocenters. The van der Waals surface area contributed by atoms with Gasteiger partial charge >= 0.3 is 0 Å². The first-order valence-electron chi connectivity index (χ1n) is 8.07. The van der Waals surface area contributed by atoms with Gasteiger partial charge in [0.2, 0.25) is 0 Å². The number of hydrogen-bond donors (Lipinski definition) is 2. The molecule has 0 spiro atoms. The van der Waals surface area contributed by atoms with Crippen molar-refractivity contribution in [3.8, 4) is 0 Å². The van der Waals surface area contributed by atoms with Gasteiger partial charge in [-0.05, 0) is 36.6 Å². The number of hydrogen-bond acceptors (Lipinski definition) is 5. The molecule has 5 nitrogen and oxygen atoms in total. The number of aryl methyl sites for hydroxylation is 2. The Balaban J connectivity index is 1.74. The quantitative estimate of drug-likeness (QED) is 0.716. The van der Waals surface area contributed by atoms with Gasteiger partial charge in [0, 0.05) is 18.0 Å². The largest absolute Gasteiger partial charge is 0.364 e. The molecule has 2 heterocycles. The predicted molar refractivity (Wildman–Crippen MR) is 97.4 cm³/mol. The van der Waals surface area contributed by atoms with Gasteiger partial charge in [0.25, 0.3) is 0 Å². The van der Waals surface area contributed by atoms with Crippen molar-refractivity contribution in [3.05, 3.63) is 71.8 Å². The van der Waals surface area contributed by atoms with E-state index < -0.39 is 0 Å². The molecule has 2 N–H and O–H groups in total. The highest BCUT2D eigenvalue weighted by atomic mass is 15.1. The second-order valence-electron chi connectivity index (χ2n) is 5.55. The molecule has 0 saturated heterocycles.